The van der Waals surface area contributed by atoms with Crippen molar-refractivity contribution in [3.05, 3.63) is 28.8 Å². The van der Waals surface area contributed by atoms with Gasteiger partial charge in [0.15, 0.2) is 6.10 Å². The lowest BCUT2D eigenvalue weighted by Gasteiger charge is -2.29. The molecule has 0 aromatic heterocycles. The van der Waals surface area contributed by atoms with E-state index in [4.69, 9.17) is 21.6 Å². The van der Waals surface area contributed by atoms with Gasteiger partial charge in [-0.2, -0.15) is 5.26 Å². The molecule has 1 saturated heterocycles. The minimum absolute atomic E-state index is 0.206. The fraction of sp³-hybridized carbons (Fsp3) is 0.471. The van der Waals surface area contributed by atoms with Crippen LogP contribution < -0.4 is 5.32 Å². The zero-order valence-corrected chi connectivity index (χ0v) is 16.5. The lowest BCUT2D eigenvalue weighted by Crippen LogP contribution is -2.41. The highest BCUT2D eigenvalue weighted by atomic mass is 35.5. The monoisotopic (exact) mass is 413 g/mol. The van der Waals surface area contributed by atoms with Crippen LogP contribution >= 0.6 is 11.6 Å². The van der Waals surface area contributed by atoms with Crippen molar-refractivity contribution in [3.63, 3.8) is 0 Å². The largest absolute Gasteiger partial charge is 0.452 e. The van der Waals surface area contributed by atoms with Crippen molar-refractivity contribution >= 4 is 39.2 Å². The number of carbonyl (C=O) groups excluding carboxylic acids is 2. The van der Waals surface area contributed by atoms with Crippen molar-refractivity contribution in [1.29, 1.82) is 5.26 Å². The van der Waals surface area contributed by atoms with Crippen molar-refractivity contribution in [2.24, 2.45) is 5.92 Å². The van der Waals surface area contributed by atoms with Crippen LogP contribution in [-0.4, -0.2) is 50.0 Å². The molecule has 0 bridgehead atoms. The first kappa shape index (κ1) is 21.2. The summed E-state index contributed by atoms with van der Waals surface area (Å²) >= 11 is 5.92. The van der Waals surface area contributed by atoms with Crippen molar-refractivity contribution in [3.8, 4) is 6.07 Å². The van der Waals surface area contributed by atoms with Crippen LogP contribution in [0, 0.1) is 17.2 Å². The summed E-state index contributed by atoms with van der Waals surface area (Å²) in [5.41, 5.74) is 0.669. The number of hydrogen-bond acceptors (Lipinski definition) is 6. The standard InChI is InChI=1S/C17H20ClN3O5S/c1-11(16(22)20-14-4-3-13(10-19)15(18)9-14)26-17(23)12-5-7-21(8-6-12)27(2,24)25/h3-4,9,11-12H,5-8H2,1-2H3,(H,20,22). The summed E-state index contributed by atoms with van der Waals surface area (Å²) in [5.74, 6) is -1.50. The van der Waals surface area contributed by atoms with Gasteiger partial charge in [0.25, 0.3) is 5.91 Å². The molecule has 1 aromatic carbocycles. The summed E-state index contributed by atoms with van der Waals surface area (Å²) in [7, 11) is -3.27. The van der Waals surface area contributed by atoms with Gasteiger partial charge < -0.3 is 10.1 Å². The number of carbonyl (C=O) groups is 2. The van der Waals surface area contributed by atoms with E-state index in [2.05, 4.69) is 5.32 Å². The maximum absolute atomic E-state index is 12.2. The predicted octanol–water partition coefficient (Wildman–Crippen LogP) is 1.75. The van der Waals surface area contributed by atoms with Gasteiger partial charge in [-0.1, -0.05) is 11.6 Å². The number of ether oxygens (including phenoxy) is 1. The predicted molar refractivity (Wildman–Crippen MR) is 99.5 cm³/mol. The number of amides is 1. The van der Waals surface area contributed by atoms with Gasteiger partial charge in [-0.25, -0.2) is 12.7 Å². The van der Waals surface area contributed by atoms with Crippen LogP contribution in [-0.2, 0) is 24.3 Å². The zero-order valence-electron chi connectivity index (χ0n) is 14.9. The van der Waals surface area contributed by atoms with Crippen LogP contribution in [0.3, 0.4) is 0 Å². The second-order valence-corrected chi connectivity index (χ2v) is 8.70. The average Bonchev–Trinajstić information content (AvgIpc) is 2.61. The molecule has 0 saturated carbocycles. The number of piperidine rings is 1. The van der Waals surface area contributed by atoms with E-state index in [9.17, 15) is 18.0 Å². The maximum Gasteiger partial charge on any atom is 0.309 e. The Bertz CT molecular complexity index is 873. The van der Waals surface area contributed by atoms with E-state index in [0.29, 0.717) is 18.5 Å². The van der Waals surface area contributed by atoms with Gasteiger partial charge in [0, 0.05) is 18.8 Å². The van der Waals surface area contributed by atoms with Crippen LogP contribution in [0.5, 0.6) is 0 Å². The van der Waals surface area contributed by atoms with Gasteiger partial charge in [0.1, 0.15) is 6.07 Å². The van der Waals surface area contributed by atoms with Gasteiger partial charge in [-0.15, -0.1) is 0 Å². The number of anilines is 1. The minimum atomic E-state index is -3.27. The molecule has 1 N–H and O–H groups in total. The van der Waals surface area contributed by atoms with E-state index in [1.165, 1.54) is 29.4 Å². The molecule has 1 heterocycles. The lowest BCUT2D eigenvalue weighted by atomic mass is 9.98. The first-order chi connectivity index (χ1) is 12.6. The van der Waals surface area contributed by atoms with E-state index < -0.39 is 33.9 Å². The summed E-state index contributed by atoms with van der Waals surface area (Å²) in [6, 6.07) is 6.36. The molecule has 10 heteroatoms. The Morgan fingerprint density at radius 1 is 1.37 bits per heavy atom. The Morgan fingerprint density at radius 2 is 2.00 bits per heavy atom. The summed E-state index contributed by atoms with van der Waals surface area (Å²) < 4.78 is 29.5. The van der Waals surface area contributed by atoms with Gasteiger partial charge in [0.05, 0.1) is 22.8 Å². The maximum atomic E-state index is 12.2. The van der Waals surface area contributed by atoms with Crippen molar-refractivity contribution < 1.29 is 22.7 Å². The molecule has 2 rings (SSSR count). The van der Waals surface area contributed by atoms with Crippen LogP contribution in [0.15, 0.2) is 18.2 Å². The lowest BCUT2D eigenvalue weighted by molar-refractivity contribution is -0.158. The first-order valence-electron chi connectivity index (χ1n) is 8.28. The molecule has 1 fully saturated rings. The molecular formula is C17H20ClN3O5S. The topological polar surface area (TPSA) is 117 Å². The fourth-order valence-corrected chi connectivity index (χ4v) is 3.77. The molecule has 146 valence electrons. The average molecular weight is 414 g/mol. The van der Waals surface area contributed by atoms with E-state index in [0.717, 1.165) is 6.26 Å². The van der Waals surface area contributed by atoms with Crippen molar-refractivity contribution in [2.75, 3.05) is 24.7 Å². The number of nitrogens with zero attached hydrogens (tertiary/aromatic N) is 2. The van der Waals surface area contributed by atoms with Crippen LogP contribution in [0.25, 0.3) is 0 Å². The summed E-state index contributed by atoms with van der Waals surface area (Å²) in [5, 5.41) is 11.6. The van der Waals surface area contributed by atoms with Gasteiger partial charge in [0.2, 0.25) is 10.0 Å². The van der Waals surface area contributed by atoms with Gasteiger partial charge >= 0.3 is 5.97 Å². The normalized spacial score (nSPS) is 17.0. The van der Waals surface area contributed by atoms with E-state index in [-0.39, 0.29) is 23.7 Å². The Morgan fingerprint density at radius 3 is 2.52 bits per heavy atom. The Kier molecular flexibility index (Phi) is 6.81. The zero-order chi connectivity index (χ0) is 20.2. The molecule has 1 aliphatic rings. The fourth-order valence-electron chi connectivity index (χ4n) is 2.67. The molecule has 1 atom stereocenters. The highest BCUT2D eigenvalue weighted by Gasteiger charge is 2.31. The number of esters is 1. The summed E-state index contributed by atoms with van der Waals surface area (Å²) in [4.78, 5) is 24.4. The molecule has 8 nitrogen and oxygen atoms in total. The third kappa shape index (κ3) is 5.66. The number of benzene rings is 1. The van der Waals surface area contributed by atoms with E-state index in [1.807, 2.05) is 6.07 Å². The molecule has 1 aromatic rings. The minimum Gasteiger partial charge on any atom is -0.452 e. The second-order valence-electron chi connectivity index (χ2n) is 6.31. The third-order valence-corrected chi connectivity index (χ3v) is 5.89. The second kappa shape index (κ2) is 8.69. The Labute approximate surface area is 163 Å². The van der Waals surface area contributed by atoms with Crippen LogP contribution in [0.1, 0.15) is 25.3 Å². The van der Waals surface area contributed by atoms with E-state index in [1.54, 1.807) is 0 Å². The number of nitriles is 1. The molecule has 0 aliphatic carbocycles. The quantitative estimate of drug-likeness (QED) is 0.735. The first-order valence-corrected chi connectivity index (χ1v) is 10.5. The van der Waals surface area contributed by atoms with Crippen molar-refractivity contribution in [2.45, 2.75) is 25.9 Å². The molecule has 27 heavy (non-hydrogen) atoms. The van der Waals surface area contributed by atoms with Gasteiger partial charge in [-0.05, 0) is 38.0 Å². The van der Waals surface area contributed by atoms with Gasteiger partial charge in [-0.3, -0.25) is 9.59 Å². The molecule has 1 amide bonds. The third-order valence-electron chi connectivity index (χ3n) is 4.28. The molecule has 1 aliphatic heterocycles. The Balaban J connectivity index is 1.88. The molecule has 0 radical (unpaired) electrons. The summed E-state index contributed by atoms with van der Waals surface area (Å²) in [6.45, 7) is 1.95. The number of hydrogen-bond donors (Lipinski definition) is 1. The molecule has 0 spiro atoms. The number of halogens is 1. The van der Waals surface area contributed by atoms with Crippen LogP contribution in [0.4, 0.5) is 5.69 Å². The molecule has 1 unspecified atom stereocenters. The SMILES string of the molecule is CC(OC(=O)C1CCN(S(C)(=O)=O)CC1)C(=O)Nc1ccc(C#N)c(Cl)c1. The van der Waals surface area contributed by atoms with Crippen molar-refractivity contribution in [1.82, 2.24) is 4.31 Å². The Hall–Kier alpha value is -2.15. The smallest absolute Gasteiger partial charge is 0.309 e. The number of sulfonamides is 1. The number of rotatable bonds is 5. The highest BCUT2D eigenvalue weighted by molar-refractivity contribution is 7.88. The summed E-state index contributed by atoms with van der Waals surface area (Å²) in [6.07, 6.45) is 0.810. The van der Waals surface area contributed by atoms with E-state index >= 15 is 0 Å². The highest BCUT2D eigenvalue weighted by Crippen LogP contribution is 2.22. The number of nitrogens with one attached hydrogen (secondary N) is 1. The molecular weight excluding hydrogens is 394 g/mol. The van der Waals surface area contributed by atoms with Crippen LogP contribution in [0.2, 0.25) is 5.02 Å².